The molecule has 0 saturated carbocycles. The lowest BCUT2D eigenvalue weighted by atomic mass is 10.1. The number of H-pyrrole nitrogens is 1. The molecule has 3 N–H and O–H groups in total. The number of aromatic nitrogens is 2. The van der Waals surface area contributed by atoms with Crippen LogP contribution in [0.1, 0.15) is 23.9 Å². The van der Waals surface area contributed by atoms with Crippen molar-refractivity contribution >= 4 is 0 Å². The van der Waals surface area contributed by atoms with Crippen molar-refractivity contribution in [3.05, 3.63) is 17.0 Å². The summed E-state index contributed by atoms with van der Waals surface area (Å²) in [7, 11) is 0. The van der Waals surface area contributed by atoms with Crippen LogP contribution in [0.15, 0.2) is 0 Å². The van der Waals surface area contributed by atoms with Crippen LogP contribution in [0.4, 0.5) is 0 Å². The second kappa shape index (κ2) is 3.53. The first kappa shape index (κ1) is 8.27. The van der Waals surface area contributed by atoms with E-state index < -0.39 is 0 Å². The highest BCUT2D eigenvalue weighted by molar-refractivity contribution is 5.24. The highest BCUT2D eigenvalue weighted by Crippen LogP contribution is 2.10. The summed E-state index contributed by atoms with van der Waals surface area (Å²) in [5.41, 5.74) is 9.08. The van der Waals surface area contributed by atoms with Crippen LogP contribution in [-0.4, -0.2) is 16.7 Å². The molecule has 0 unspecified atom stereocenters. The Hall–Kier alpha value is -0.830. The van der Waals surface area contributed by atoms with Gasteiger partial charge in [-0.3, -0.25) is 5.10 Å². The fourth-order valence-electron chi connectivity index (χ4n) is 1.32. The molecule has 0 aliphatic rings. The van der Waals surface area contributed by atoms with E-state index in [0.29, 0.717) is 6.54 Å². The monoisotopic (exact) mass is 153 g/mol. The third-order valence-electron chi connectivity index (χ3n) is 1.89. The minimum absolute atomic E-state index is 0.678. The third-order valence-corrected chi connectivity index (χ3v) is 1.89. The molecular weight excluding hydrogens is 138 g/mol. The molecule has 62 valence electrons. The molecule has 1 aromatic heterocycles. The standard InChI is InChI=1S/C8H15N3/c1-3-7-6(2)10-11-8(7)4-5-9/h3-5,9H2,1-2H3,(H,10,11). The highest BCUT2D eigenvalue weighted by Gasteiger charge is 2.05. The average Bonchev–Trinajstić information content (AvgIpc) is 2.33. The van der Waals surface area contributed by atoms with Gasteiger partial charge in [-0.25, -0.2) is 0 Å². The lowest BCUT2D eigenvalue weighted by molar-refractivity contribution is 0.886. The largest absolute Gasteiger partial charge is 0.330 e. The van der Waals surface area contributed by atoms with Gasteiger partial charge in [-0.15, -0.1) is 0 Å². The second-order valence-corrected chi connectivity index (χ2v) is 2.67. The molecule has 0 spiro atoms. The summed E-state index contributed by atoms with van der Waals surface area (Å²) >= 11 is 0. The molecule has 0 fully saturated rings. The van der Waals surface area contributed by atoms with Crippen LogP contribution in [0.25, 0.3) is 0 Å². The van der Waals surface area contributed by atoms with Crippen LogP contribution in [0.3, 0.4) is 0 Å². The van der Waals surface area contributed by atoms with Crippen LogP contribution in [0, 0.1) is 6.92 Å². The average molecular weight is 153 g/mol. The minimum Gasteiger partial charge on any atom is -0.330 e. The van der Waals surface area contributed by atoms with Gasteiger partial charge in [-0.1, -0.05) is 6.92 Å². The van der Waals surface area contributed by atoms with Crippen LogP contribution in [-0.2, 0) is 12.8 Å². The van der Waals surface area contributed by atoms with Crippen molar-refractivity contribution < 1.29 is 0 Å². The molecule has 0 aromatic carbocycles. The van der Waals surface area contributed by atoms with E-state index >= 15 is 0 Å². The van der Waals surface area contributed by atoms with Crippen LogP contribution < -0.4 is 5.73 Å². The Balaban J connectivity index is 2.86. The van der Waals surface area contributed by atoms with Crippen molar-refractivity contribution in [3.63, 3.8) is 0 Å². The topological polar surface area (TPSA) is 54.7 Å². The molecule has 1 rings (SSSR count). The van der Waals surface area contributed by atoms with E-state index in [4.69, 9.17) is 5.73 Å². The summed E-state index contributed by atoms with van der Waals surface area (Å²) in [5.74, 6) is 0. The lowest BCUT2D eigenvalue weighted by Crippen LogP contribution is -2.04. The third kappa shape index (κ3) is 1.60. The first-order valence-electron chi connectivity index (χ1n) is 4.02. The quantitative estimate of drug-likeness (QED) is 0.674. The summed E-state index contributed by atoms with van der Waals surface area (Å²) in [6, 6.07) is 0. The van der Waals surface area contributed by atoms with Gasteiger partial charge in [0.1, 0.15) is 0 Å². The second-order valence-electron chi connectivity index (χ2n) is 2.67. The summed E-state index contributed by atoms with van der Waals surface area (Å²) < 4.78 is 0. The molecule has 0 aliphatic carbocycles. The van der Waals surface area contributed by atoms with Crippen LogP contribution >= 0.6 is 0 Å². The van der Waals surface area contributed by atoms with Crippen LogP contribution in [0.5, 0.6) is 0 Å². The van der Waals surface area contributed by atoms with Crippen LogP contribution in [0.2, 0.25) is 0 Å². The normalized spacial score (nSPS) is 10.5. The maximum Gasteiger partial charge on any atom is 0.0669 e. The number of nitrogens with one attached hydrogen (secondary N) is 1. The number of hydrogen-bond acceptors (Lipinski definition) is 2. The van der Waals surface area contributed by atoms with Crippen molar-refractivity contribution in [2.24, 2.45) is 5.73 Å². The smallest absolute Gasteiger partial charge is 0.0669 e. The van der Waals surface area contributed by atoms with Gasteiger partial charge in [0.15, 0.2) is 0 Å². The number of rotatable bonds is 3. The Morgan fingerprint density at radius 3 is 2.82 bits per heavy atom. The van der Waals surface area contributed by atoms with Gasteiger partial charge in [0.25, 0.3) is 0 Å². The number of hydrogen-bond donors (Lipinski definition) is 2. The van der Waals surface area contributed by atoms with Crippen molar-refractivity contribution in [3.8, 4) is 0 Å². The number of nitrogens with two attached hydrogens (primary N) is 1. The number of nitrogens with zero attached hydrogens (tertiary/aromatic N) is 1. The van der Waals surface area contributed by atoms with E-state index in [1.807, 2.05) is 6.92 Å². The molecule has 0 atom stereocenters. The Kier molecular flexibility index (Phi) is 2.65. The summed E-state index contributed by atoms with van der Waals surface area (Å²) in [6.45, 7) is 4.86. The molecule has 0 radical (unpaired) electrons. The van der Waals surface area contributed by atoms with Gasteiger partial charge >= 0.3 is 0 Å². The Morgan fingerprint density at radius 1 is 1.55 bits per heavy atom. The highest BCUT2D eigenvalue weighted by atomic mass is 15.1. The molecule has 0 amide bonds. The van der Waals surface area contributed by atoms with E-state index in [1.54, 1.807) is 0 Å². The van der Waals surface area contributed by atoms with E-state index in [1.165, 1.54) is 11.3 Å². The molecule has 0 saturated heterocycles. The lowest BCUT2D eigenvalue weighted by Gasteiger charge is -1.96. The Morgan fingerprint density at radius 2 is 2.27 bits per heavy atom. The van der Waals surface area contributed by atoms with E-state index in [2.05, 4.69) is 17.1 Å². The van der Waals surface area contributed by atoms with Gasteiger partial charge in [0.2, 0.25) is 0 Å². The van der Waals surface area contributed by atoms with E-state index in [9.17, 15) is 0 Å². The van der Waals surface area contributed by atoms with Gasteiger partial charge < -0.3 is 5.73 Å². The first-order chi connectivity index (χ1) is 5.29. The molecule has 11 heavy (non-hydrogen) atoms. The Labute approximate surface area is 67.0 Å². The number of aryl methyl sites for hydroxylation is 1. The zero-order valence-corrected chi connectivity index (χ0v) is 7.15. The molecule has 1 aromatic rings. The zero-order valence-electron chi connectivity index (χ0n) is 7.15. The van der Waals surface area contributed by atoms with Crippen molar-refractivity contribution in [2.75, 3.05) is 6.54 Å². The predicted octanol–water partition coefficient (Wildman–Crippen LogP) is 0.782. The molecule has 0 bridgehead atoms. The fraction of sp³-hybridized carbons (Fsp3) is 0.625. The summed E-state index contributed by atoms with van der Waals surface area (Å²) in [6.07, 6.45) is 1.92. The molecule has 3 nitrogen and oxygen atoms in total. The molecule has 1 heterocycles. The first-order valence-corrected chi connectivity index (χ1v) is 4.02. The molecule has 0 aliphatic heterocycles. The summed E-state index contributed by atoms with van der Waals surface area (Å²) in [4.78, 5) is 0. The predicted molar refractivity (Wildman–Crippen MR) is 45.5 cm³/mol. The number of aromatic amines is 1. The van der Waals surface area contributed by atoms with Gasteiger partial charge in [0.05, 0.1) is 5.69 Å². The zero-order chi connectivity index (χ0) is 8.27. The maximum atomic E-state index is 5.44. The van der Waals surface area contributed by atoms with E-state index in [0.717, 1.165) is 18.5 Å². The van der Waals surface area contributed by atoms with Crippen molar-refractivity contribution in [1.29, 1.82) is 0 Å². The Bertz CT molecular complexity index is 227. The van der Waals surface area contributed by atoms with Gasteiger partial charge in [0, 0.05) is 12.1 Å². The van der Waals surface area contributed by atoms with Gasteiger partial charge in [-0.2, -0.15) is 5.10 Å². The van der Waals surface area contributed by atoms with Crippen molar-refractivity contribution in [1.82, 2.24) is 10.2 Å². The van der Waals surface area contributed by atoms with E-state index in [-0.39, 0.29) is 0 Å². The molecular formula is C8H15N3. The summed E-state index contributed by atoms with van der Waals surface area (Å²) in [5, 5.41) is 7.14. The SMILES string of the molecule is CCc1c(CCN)n[nH]c1C. The molecule has 3 heteroatoms. The minimum atomic E-state index is 0.678. The van der Waals surface area contributed by atoms with Gasteiger partial charge in [-0.05, 0) is 25.5 Å². The maximum absolute atomic E-state index is 5.44. The fourth-order valence-corrected chi connectivity index (χ4v) is 1.32. The van der Waals surface area contributed by atoms with Crippen molar-refractivity contribution in [2.45, 2.75) is 26.7 Å².